The number of rotatable bonds is 1. The molecule has 2 N–H and O–H groups in total. The van der Waals surface area contributed by atoms with Crippen molar-refractivity contribution in [1.29, 1.82) is 0 Å². The molecular weight excluding hydrogens is 164 g/mol. The summed E-state index contributed by atoms with van der Waals surface area (Å²) < 4.78 is 5.54. The number of para-hydroxylation sites is 1. The summed E-state index contributed by atoms with van der Waals surface area (Å²) in [5.74, 6) is 0.862. The number of ether oxygens (including phenoxy) is 1. The number of hydrogen-bond acceptors (Lipinski definition) is 3. The van der Waals surface area contributed by atoms with E-state index >= 15 is 0 Å². The van der Waals surface area contributed by atoms with Gasteiger partial charge in [0.2, 0.25) is 0 Å². The molecule has 0 fully saturated rings. The summed E-state index contributed by atoms with van der Waals surface area (Å²) in [6.45, 7) is 0.705. The maximum atomic E-state index is 5.79. The molecule has 2 rings (SSSR count). The summed E-state index contributed by atoms with van der Waals surface area (Å²) in [6.07, 6.45) is 0. The van der Waals surface area contributed by atoms with Crippen molar-refractivity contribution in [3.63, 3.8) is 0 Å². The molecule has 0 aliphatic carbocycles. The van der Waals surface area contributed by atoms with Crippen LogP contribution in [0.15, 0.2) is 18.2 Å². The van der Waals surface area contributed by atoms with Crippen LogP contribution >= 0.6 is 0 Å². The molecule has 0 saturated carbocycles. The highest BCUT2D eigenvalue weighted by Crippen LogP contribution is 2.38. The van der Waals surface area contributed by atoms with Crippen LogP contribution in [-0.2, 0) is 0 Å². The number of anilines is 1. The summed E-state index contributed by atoms with van der Waals surface area (Å²) in [6, 6.07) is 6.26. The van der Waals surface area contributed by atoms with E-state index in [1.165, 1.54) is 5.56 Å². The molecule has 3 nitrogen and oxygen atoms in total. The highest BCUT2D eigenvalue weighted by Gasteiger charge is 2.26. The number of fused-ring (bicyclic) bond motifs is 1. The first kappa shape index (κ1) is 8.38. The van der Waals surface area contributed by atoms with Crippen molar-refractivity contribution in [3.05, 3.63) is 23.8 Å². The van der Waals surface area contributed by atoms with Gasteiger partial charge in [0.25, 0.3) is 0 Å². The quantitative estimate of drug-likeness (QED) is 0.658. The SMILES string of the molecule is CN(C)C1COc2c(N)cccc21. The first-order valence-electron chi connectivity index (χ1n) is 4.38. The first-order chi connectivity index (χ1) is 6.20. The van der Waals surface area contributed by atoms with E-state index in [2.05, 4.69) is 11.0 Å². The van der Waals surface area contributed by atoms with E-state index in [4.69, 9.17) is 10.5 Å². The van der Waals surface area contributed by atoms with Crippen LogP contribution < -0.4 is 10.5 Å². The Kier molecular flexibility index (Phi) is 1.88. The summed E-state index contributed by atoms with van der Waals surface area (Å²) in [4.78, 5) is 2.14. The molecule has 13 heavy (non-hydrogen) atoms. The van der Waals surface area contributed by atoms with E-state index in [9.17, 15) is 0 Å². The van der Waals surface area contributed by atoms with E-state index in [0.29, 0.717) is 12.6 Å². The minimum atomic E-state index is 0.346. The fourth-order valence-corrected chi connectivity index (χ4v) is 1.68. The molecular formula is C10H14N2O. The van der Waals surface area contributed by atoms with E-state index in [1.807, 2.05) is 26.2 Å². The Bertz CT molecular complexity index is 323. The van der Waals surface area contributed by atoms with E-state index in [-0.39, 0.29) is 0 Å². The maximum absolute atomic E-state index is 5.79. The molecule has 1 aromatic carbocycles. The number of nitrogens with two attached hydrogens (primary N) is 1. The molecule has 0 bridgehead atoms. The molecule has 1 heterocycles. The Morgan fingerprint density at radius 1 is 1.46 bits per heavy atom. The zero-order chi connectivity index (χ0) is 9.42. The summed E-state index contributed by atoms with van der Waals surface area (Å²) in [5, 5.41) is 0. The van der Waals surface area contributed by atoms with E-state index < -0.39 is 0 Å². The van der Waals surface area contributed by atoms with Gasteiger partial charge in [-0.2, -0.15) is 0 Å². The Hall–Kier alpha value is -1.22. The zero-order valence-electron chi connectivity index (χ0n) is 7.95. The number of likely N-dealkylation sites (N-methyl/N-ethyl adjacent to an activating group) is 1. The second kappa shape index (κ2) is 2.92. The van der Waals surface area contributed by atoms with Gasteiger partial charge in [-0.15, -0.1) is 0 Å². The lowest BCUT2D eigenvalue weighted by Gasteiger charge is -2.17. The molecule has 1 aliphatic heterocycles. The number of nitrogens with zero attached hydrogens (tertiary/aromatic N) is 1. The van der Waals surface area contributed by atoms with Crippen molar-refractivity contribution < 1.29 is 4.74 Å². The molecule has 0 saturated heterocycles. The summed E-state index contributed by atoms with van der Waals surface area (Å²) >= 11 is 0. The monoisotopic (exact) mass is 178 g/mol. The number of hydrogen-bond donors (Lipinski definition) is 1. The van der Waals surface area contributed by atoms with Crippen LogP contribution in [0, 0.1) is 0 Å². The molecule has 3 heteroatoms. The van der Waals surface area contributed by atoms with Gasteiger partial charge in [0.1, 0.15) is 12.4 Å². The molecule has 1 atom stereocenters. The van der Waals surface area contributed by atoms with Gasteiger partial charge in [0.15, 0.2) is 0 Å². The predicted octanol–water partition coefficient (Wildman–Crippen LogP) is 1.26. The van der Waals surface area contributed by atoms with Gasteiger partial charge in [0.05, 0.1) is 11.7 Å². The maximum Gasteiger partial charge on any atom is 0.147 e. The first-order valence-corrected chi connectivity index (χ1v) is 4.38. The standard InChI is InChI=1S/C10H14N2O/c1-12(2)9-6-13-10-7(9)4-3-5-8(10)11/h3-5,9H,6,11H2,1-2H3. The minimum Gasteiger partial charge on any atom is -0.489 e. The minimum absolute atomic E-state index is 0.346. The molecule has 0 amide bonds. The lowest BCUT2D eigenvalue weighted by Crippen LogP contribution is -2.20. The van der Waals surface area contributed by atoms with Crippen LogP contribution in [0.1, 0.15) is 11.6 Å². The summed E-state index contributed by atoms with van der Waals surface area (Å²) in [5.41, 5.74) is 7.73. The Morgan fingerprint density at radius 2 is 2.23 bits per heavy atom. The highest BCUT2D eigenvalue weighted by atomic mass is 16.5. The van der Waals surface area contributed by atoms with Crippen LogP contribution in [0.3, 0.4) is 0 Å². The number of benzene rings is 1. The average molecular weight is 178 g/mol. The zero-order valence-corrected chi connectivity index (χ0v) is 7.95. The van der Waals surface area contributed by atoms with Crippen molar-refractivity contribution in [2.45, 2.75) is 6.04 Å². The second-order valence-electron chi connectivity index (χ2n) is 3.56. The topological polar surface area (TPSA) is 38.5 Å². The Morgan fingerprint density at radius 3 is 2.92 bits per heavy atom. The fraction of sp³-hybridized carbons (Fsp3) is 0.400. The molecule has 0 radical (unpaired) electrons. The average Bonchev–Trinajstić information content (AvgIpc) is 2.48. The van der Waals surface area contributed by atoms with Crippen LogP contribution in [0.5, 0.6) is 5.75 Å². The lowest BCUT2D eigenvalue weighted by atomic mass is 10.1. The van der Waals surface area contributed by atoms with Crippen molar-refractivity contribution in [2.75, 3.05) is 26.4 Å². The van der Waals surface area contributed by atoms with Crippen molar-refractivity contribution in [1.82, 2.24) is 4.90 Å². The normalized spacial score (nSPS) is 20.1. The van der Waals surface area contributed by atoms with Gasteiger partial charge < -0.3 is 10.5 Å². The van der Waals surface area contributed by atoms with E-state index in [1.54, 1.807) is 0 Å². The van der Waals surface area contributed by atoms with Crippen LogP contribution in [0.25, 0.3) is 0 Å². The van der Waals surface area contributed by atoms with Crippen molar-refractivity contribution in [2.24, 2.45) is 0 Å². The fourth-order valence-electron chi connectivity index (χ4n) is 1.68. The van der Waals surface area contributed by atoms with E-state index in [0.717, 1.165) is 11.4 Å². The van der Waals surface area contributed by atoms with Gasteiger partial charge >= 0.3 is 0 Å². The predicted molar refractivity (Wildman–Crippen MR) is 52.8 cm³/mol. The third kappa shape index (κ3) is 1.25. The van der Waals surface area contributed by atoms with Crippen LogP contribution in [0.2, 0.25) is 0 Å². The largest absolute Gasteiger partial charge is 0.489 e. The van der Waals surface area contributed by atoms with Crippen molar-refractivity contribution in [3.8, 4) is 5.75 Å². The van der Waals surface area contributed by atoms with Gasteiger partial charge in [-0.3, -0.25) is 4.90 Å². The van der Waals surface area contributed by atoms with Gasteiger partial charge in [-0.25, -0.2) is 0 Å². The molecule has 1 aliphatic rings. The molecule has 0 spiro atoms. The third-order valence-electron chi connectivity index (χ3n) is 2.44. The third-order valence-corrected chi connectivity index (χ3v) is 2.44. The smallest absolute Gasteiger partial charge is 0.147 e. The van der Waals surface area contributed by atoms with Gasteiger partial charge in [-0.05, 0) is 20.2 Å². The Balaban J connectivity index is 2.43. The second-order valence-corrected chi connectivity index (χ2v) is 3.56. The molecule has 0 aromatic heterocycles. The Labute approximate surface area is 78.1 Å². The molecule has 1 unspecified atom stereocenters. The van der Waals surface area contributed by atoms with Crippen LogP contribution in [0.4, 0.5) is 5.69 Å². The van der Waals surface area contributed by atoms with Gasteiger partial charge in [-0.1, -0.05) is 12.1 Å². The van der Waals surface area contributed by atoms with Gasteiger partial charge in [0, 0.05) is 5.56 Å². The highest BCUT2D eigenvalue weighted by molar-refractivity contribution is 5.59. The van der Waals surface area contributed by atoms with Crippen molar-refractivity contribution >= 4 is 5.69 Å². The van der Waals surface area contributed by atoms with Crippen LogP contribution in [-0.4, -0.2) is 25.6 Å². The number of nitrogen functional groups attached to an aromatic ring is 1. The lowest BCUT2D eigenvalue weighted by molar-refractivity contribution is 0.227. The summed E-state index contributed by atoms with van der Waals surface area (Å²) in [7, 11) is 4.10. The molecule has 1 aromatic rings. The molecule has 70 valence electrons.